The summed E-state index contributed by atoms with van der Waals surface area (Å²) >= 11 is 0. The van der Waals surface area contributed by atoms with Crippen LogP contribution in [0.2, 0.25) is 0 Å². The van der Waals surface area contributed by atoms with E-state index < -0.39 is 0 Å². The van der Waals surface area contributed by atoms with Crippen molar-refractivity contribution < 1.29 is 4.79 Å². The lowest BCUT2D eigenvalue weighted by Crippen LogP contribution is -2.53. The standard InChI is InChI=1S/C18H30N6O/c1-4-15-11-16(21-14-20-15)23-7-9-24(10-8-23)17(25)19-12-18(2)5-6-22(3)13-18/h11,14H,4-10,12-13H2,1-3H3,(H,19,25)/t18-/m0/s1. The molecule has 3 rings (SSSR count). The van der Waals surface area contributed by atoms with Gasteiger partial charge in [-0.1, -0.05) is 13.8 Å². The number of hydrogen-bond acceptors (Lipinski definition) is 5. The zero-order valence-electron chi connectivity index (χ0n) is 15.7. The van der Waals surface area contributed by atoms with Gasteiger partial charge in [0.05, 0.1) is 0 Å². The Morgan fingerprint density at radius 2 is 2.00 bits per heavy atom. The van der Waals surface area contributed by atoms with Crippen LogP contribution in [0.15, 0.2) is 12.4 Å². The van der Waals surface area contributed by atoms with E-state index in [-0.39, 0.29) is 11.4 Å². The van der Waals surface area contributed by atoms with Crippen LogP contribution in [0.1, 0.15) is 26.0 Å². The predicted molar refractivity (Wildman–Crippen MR) is 98.8 cm³/mol. The molecule has 7 nitrogen and oxygen atoms in total. The van der Waals surface area contributed by atoms with Crippen LogP contribution in [0.5, 0.6) is 0 Å². The van der Waals surface area contributed by atoms with Crippen LogP contribution in [0.3, 0.4) is 0 Å². The summed E-state index contributed by atoms with van der Waals surface area (Å²) < 4.78 is 0. The summed E-state index contributed by atoms with van der Waals surface area (Å²) in [5, 5.41) is 3.14. The van der Waals surface area contributed by atoms with Gasteiger partial charge in [0.25, 0.3) is 0 Å². The summed E-state index contributed by atoms with van der Waals surface area (Å²) in [4.78, 5) is 27.6. The van der Waals surface area contributed by atoms with Gasteiger partial charge in [-0.15, -0.1) is 0 Å². The maximum Gasteiger partial charge on any atom is 0.317 e. The second-order valence-corrected chi connectivity index (χ2v) is 7.65. The van der Waals surface area contributed by atoms with E-state index >= 15 is 0 Å². The Balaban J connectivity index is 1.47. The molecule has 2 aliphatic rings. The average molecular weight is 346 g/mol. The normalized spacial score (nSPS) is 24.6. The highest BCUT2D eigenvalue weighted by Crippen LogP contribution is 2.27. The highest BCUT2D eigenvalue weighted by Gasteiger charge is 2.33. The van der Waals surface area contributed by atoms with E-state index in [9.17, 15) is 4.79 Å². The largest absolute Gasteiger partial charge is 0.353 e. The number of urea groups is 1. The molecule has 138 valence electrons. The van der Waals surface area contributed by atoms with Gasteiger partial charge in [0.2, 0.25) is 0 Å². The van der Waals surface area contributed by atoms with E-state index in [4.69, 9.17) is 0 Å². The maximum absolute atomic E-state index is 12.5. The number of nitrogens with one attached hydrogen (secondary N) is 1. The zero-order chi connectivity index (χ0) is 17.9. The second-order valence-electron chi connectivity index (χ2n) is 7.65. The Morgan fingerprint density at radius 1 is 1.24 bits per heavy atom. The quantitative estimate of drug-likeness (QED) is 0.888. The van der Waals surface area contributed by atoms with Gasteiger partial charge in [-0.3, -0.25) is 0 Å². The second kappa shape index (κ2) is 7.56. The van der Waals surface area contributed by atoms with Crippen molar-refractivity contribution >= 4 is 11.8 Å². The van der Waals surface area contributed by atoms with Crippen LogP contribution < -0.4 is 10.2 Å². The Bertz CT molecular complexity index is 601. The van der Waals surface area contributed by atoms with Crippen molar-refractivity contribution in [2.45, 2.75) is 26.7 Å². The van der Waals surface area contributed by atoms with E-state index in [1.165, 1.54) is 0 Å². The molecule has 7 heteroatoms. The lowest BCUT2D eigenvalue weighted by atomic mass is 9.90. The molecule has 1 atom stereocenters. The third-order valence-corrected chi connectivity index (χ3v) is 5.38. The van der Waals surface area contributed by atoms with E-state index in [1.54, 1.807) is 6.33 Å². The third-order valence-electron chi connectivity index (χ3n) is 5.38. The minimum atomic E-state index is 0.0624. The molecular formula is C18H30N6O. The number of carbonyl (C=O) groups excluding carboxylic acids is 1. The number of carbonyl (C=O) groups is 1. The monoisotopic (exact) mass is 346 g/mol. The highest BCUT2D eigenvalue weighted by atomic mass is 16.2. The molecule has 2 amide bonds. The molecule has 1 N–H and O–H groups in total. The Labute approximate surface area is 150 Å². The molecule has 25 heavy (non-hydrogen) atoms. The van der Waals surface area contributed by atoms with Gasteiger partial charge in [0.1, 0.15) is 12.1 Å². The fourth-order valence-electron chi connectivity index (χ4n) is 3.71. The van der Waals surface area contributed by atoms with Crippen LogP contribution >= 0.6 is 0 Å². The number of amides is 2. The predicted octanol–water partition coefficient (Wildman–Crippen LogP) is 1.21. The van der Waals surface area contributed by atoms with Crippen molar-refractivity contribution in [3.05, 3.63) is 18.1 Å². The first-order valence-corrected chi connectivity index (χ1v) is 9.26. The van der Waals surface area contributed by atoms with E-state index in [1.807, 2.05) is 11.0 Å². The summed E-state index contributed by atoms with van der Waals surface area (Å²) in [5.74, 6) is 0.966. The molecule has 2 saturated heterocycles. The SMILES string of the molecule is CCc1cc(N2CCN(C(=O)NC[C@]3(C)CCN(C)C3)CC2)ncn1. The molecule has 0 aromatic carbocycles. The van der Waals surface area contributed by atoms with Crippen molar-refractivity contribution in [3.8, 4) is 0 Å². The van der Waals surface area contributed by atoms with Crippen LogP contribution in [0, 0.1) is 5.41 Å². The zero-order valence-corrected chi connectivity index (χ0v) is 15.7. The number of aryl methyl sites for hydroxylation is 1. The van der Waals surface area contributed by atoms with Gasteiger partial charge in [0.15, 0.2) is 0 Å². The van der Waals surface area contributed by atoms with E-state index in [0.29, 0.717) is 0 Å². The molecule has 0 spiro atoms. The van der Waals surface area contributed by atoms with Gasteiger partial charge >= 0.3 is 6.03 Å². The van der Waals surface area contributed by atoms with Crippen molar-refractivity contribution in [2.24, 2.45) is 5.41 Å². The van der Waals surface area contributed by atoms with Crippen LogP contribution in [-0.2, 0) is 6.42 Å². The fraction of sp³-hybridized carbons (Fsp3) is 0.722. The van der Waals surface area contributed by atoms with Crippen LogP contribution in [0.4, 0.5) is 10.6 Å². The number of hydrogen-bond donors (Lipinski definition) is 1. The molecule has 1 aromatic rings. The summed E-state index contributed by atoms with van der Waals surface area (Å²) in [5.41, 5.74) is 1.25. The minimum Gasteiger partial charge on any atom is -0.353 e. The molecule has 0 bridgehead atoms. The lowest BCUT2D eigenvalue weighted by Gasteiger charge is -2.36. The smallest absolute Gasteiger partial charge is 0.317 e. The molecule has 2 fully saturated rings. The maximum atomic E-state index is 12.5. The fourth-order valence-corrected chi connectivity index (χ4v) is 3.71. The number of piperazine rings is 1. The van der Waals surface area contributed by atoms with Gasteiger partial charge in [-0.25, -0.2) is 14.8 Å². The third kappa shape index (κ3) is 4.39. The van der Waals surface area contributed by atoms with E-state index in [2.05, 4.69) is 46.0 Å². The van der Waals surface area contributed by atoms with Gasteiger partial charge in [-0.05, 0) is 31.8 Å². The lowest BCUT2D eigenvalue weighted by molar-refractivity contribution is 0.187. The van der Waals surface area contributed by atoms with Crippen molar-refractivity contribution in [1.29, 1.82) is 0 Å². The van der Waals surface area contributed by atoms with Crippen molar-refractivity contribution in [3.63, 3.8) is 0 Å². The van der Waals surface area contributed by atoms with Crippen LogP contribution in [0.25, 0.3) is 0 Å². The van der Waals surface area contributed by atoms with E-state index in [0.717, 1.165) is 70.2 Å². The molecule has 2 aliphatic heterocycles. The number of aromatic nitrogens is 2. The summed E-state index contributed by atoms with van der Waals surface area (Å²) in [6.07, 6.45) is 3.68. The van der Waals surface area contributed by atoms with Gasteiger partial charge < -0.3 is 20.0 Å². The molecule has 0 unspecified atom stereocenters. The Kier molecular flexibility index (Phi) is 5.42. The Morgan fingerprint density at radius 3 is 2.64 bits per heavy atom. The first-order chi connectivity index (χ1) is 12.0. The molecule has 1 aromatic heterocycles. The average Bonchev–Trinajstić information content (AvgIpc) is 2.99. The molecule has 0 aliphatic carbocycles. The summed E-state index contributed by atoms with van der Waals surface area (Å²) in [6, 6.07) is 2.11. The first-order valence-electron chi connectivity index (χ1n) is 9.26. The minimum absolute atomic E-state index is 0.0624. The summed E-state index contributed by atoms with van der Waals surface area (Å²) in [6.45, 7) is 10.4. The van der Waals surface area contributed by atoms with Crippen molar-refractivity contribution in [1.82, 2.24) is 25.1 Å². The van der Waals surface area contributed by atoms with Crippen LogP contribution in [-0.4, -0.2) is 78.7 Å². The Hall–Kier alpha value is -1.89. The highest BCUT2D eigenvalue weighted by molar-refractivity contribution is 5.74. The first kappa shape index (κ1) is 17.9. The summed E-state index contributed by atoms with van der Waals surface area (Å²) in [7, 11) is 2.14. The molecule has 0 radical (unpaired) electrons. The molecule has 3 heterocycles. The van der Waals surface area contributed by atoms with Gasteiger partial charge in [-0.2, -0.15) is 0 Å². The molecular weight excluding hydrogens is 316 g/mol. The topological polar surface area (TPSA) is 64.6 Å². The number of anilines is 1. The van der Waals surface area contributed by atoms with Gasteiger partial charge in [0, 0.05) is 51.0 Å². The van der Waals surface area contributed by atoms with Crippen molar-refractivity contribution in [2.75, 3.05) is 57.8 Å². The number of nitrogens with zero attached hydrogens (tertiary/aromatic N) is 5. The number of rotatable bonds is 4. The number of likely N-dealkylation sites (tertiary alicyclic amines) is 1. The molecule has 0 saturated carbocycles.